The Bertz CT molecular complexity index is 398. The third kappa shape index (κ3) is 3.06. The summed E-state index contributed by atoms with van der Waals surface area (Å²) in [6.45, 7) is 5.17. The van der Waals surface area contributed by atoms with Gasteiger partial charge in [-0.25, -0.2) is 0 Å². The van der Waals surface area contributed by atoms with Crippen molar-refractivity contribution in [1.82, 2.24) is 0 Å². The first-order valence-corrected chi connectivity index (χ1v) is 4.67. The molecule has 0 fully saturated rings. The summed E-state index contributed by atoms with van der Waals surface area (Å²) in [5, 5.41) is 10.5. The number of hydrogen-bond donors (Lipinski definition) is 0. The van der Waals surface area contributed by atoms with Gasteiger partial charge in [-0.1, -0.05) is 37.0 Å². The molecule has 1 aliphatic rings. The Kier molecular flexibility index (Phi) is 3.80. The molecular formula is C12H13NO2. The molecule has 0 aromatic rings. The molecule has 0 aliphatic heterocycles. The molecule has 78 valence electrons. The van der Waals surface area contributed by atoms with Crippen LogP contribution >= 0.6 is 0 Å². The van der Waals surface area contributed by atoms with Crippen molar-refractivity contribution >= 4 is 0 Å². The summed E-state index contributed by atoms with van der Waals surface area (Å²) in [5.41, 5.74) is 1.86. The topological polar surface area (TPSA) is 43.1 Å². The van der Waals surface area contributed by atoms with Gasteiger partial charge in [0, 0.05) is 13.0 Å². The van der Waals surface area contributed by atoms with E-state index in [1.54, 1.807) is 12.2 Å². The van der Waals surface area contributed by atoms with Crippen molar-refractivity contribution in [2.24, 2.45) is 0 Å². The molecule has 0 radical (unpaired) electrons. The number of hydrogen-bond acceptors (Lipinski definition) is 2. The zero-order chi connectivity index (χ0) is 11.3. The number of rotatable bonds is 3. The molecule has 0 amide bonds. The van der Waals surface area contributed by atoms with Crippen LogP contribution in [0.5, 0.6) is 0 Å². The maximum absolute atomic E-state index is 10.5. The molecule has 0 aromatic carbocycles. The van der Waals surface area contributed by atoms with E-state index in [1.807, 2.05) is 24.3 Å². The Balaban J connectivity index is 3.14. The zero-order valence-electron chi connectivity index (χ0n) is 8.64. The van der Waals surface area contributed by atoms with Gasteiger partial charge in [-0.2, -0.15) is 0 Å². The van der Waals surface area contributed by atoms with E-state index in [9.17, 15) is 10.1 Å². The summed E-state index contributed by atoms with van der Waals surface area (Å²) >= 11 is 0. The normalized spacial score (nSPS) is 16.5. The van der Waals surface area contributed by atoms with Crippen LogP contribution in [0.25, 0.3) is 0 Å². The summed E-state index contributed by atoms with van der Waals surface area (Å²) < 4.78 is 0. The highest BCUT2D eigenvalue weighted by Gasteiger charge is 2.05. The van der Waals surface area contributed by atoms with E-state index in [4.69, 9.17) is 0 Å². The van der Waals surface area contributed by atoms with Crippen molar-refractivity contribution in [1.29, 1.82) is 0 Å². The highest BCUT2D eigenvalue weighted by atomic mass is 16.6. The summed E-state index contributed by atoms with van der Waals surface area (Å²) in [6, 6.07) is 0. The molecule has 0 bridgehead atoms. The van der Waals surface area contributed by atoms with Crippen LogP contribution in [0.2, 0.25) is 0 Å². The maximum atomic E-state index is 10.5. The van der Waals surface area contributed by atoms with Crippen molar-refractivity contribution in [3.63, 3.8) is 0 Å². The number of nitrogens with zero attached hydrogens (tertiary/aromatic N) is 1. The lowest BCUT2D eigenvalue weighted by Crippen LogP contribution is -1.94. The van der Waals surface area contributed by atoms with Gasteiger partial charge in [-0.05, 0) is 17.6 Å². The van der Waals surface area contributed by atoms with Gasteiger partial charge in [0.05, 0.1) is 4.92 Å². The Morgan fingerprint density at radius 1 is 1.47 bits per heavy atom. The van der Waals surface area contributed by atoms with E-state index >= 15 is 0 Å². The lowest BCUT2D eigenvalue weighted by Gasteiger charge is -1.98. The smallest absolute Gasteiger partial charge is 0.243 e. The summed E-state index contributed by atoms with van der Waals surface area (Å²) in [5.74, 6) is 0. The van der Waals surface area contributed by atoms with Gasteiger partial charge in [0.25, 0.3) is 0 Å². The first-order chi connectivity index (χ1) is 7.15. The summed E-state index contributed by atoms with van der Waals surface area (Å²) in [6.07, 6.45) is 11.9. The number of nitro groups is 1. The predicted octanol–water partition coefficient (Wildman–Crippen LogP) is 3.17. The third-order valence-corrected chi connectivity index (χ3v) is 2.07. The monoisotopic (exact) mass is 203 g/mol. The molecule has 0 unspecified atom stereocenters. The van der Waals surface area contributed by atoms with Crippen molar-refractivity contribution in [3.05, 3.63) is 70.0 Å². The fraction of sp³-hybridized carbons (Fsp3) is 0.167. The SMILES string of the molecule is C=CC1=C(/C=C(\C)[N+](=O)[O-])C=CCC=C1. The largest absolute Gasteiger partial charge is 0.259 e. The average molecular weight is 203 g/mol. The second-order valence-electron chi connectivity index (χ2n) is 3.20. The van der Waals surface area contributed by atoms with Crippen LogP contribution in [0, 0.1) is 10.1 Å². The molecule has 0 saturated carbocycles. The second-order valence-corrected chi connectivity index (χ2v) is 3.20. The van der Waals surface area contributed by atoms with Gasteiger partial charge in [-0.3, -0.25) is 10.1 Å². The van der Waals surface area contributed by atoms with E-state index in [0.717, 1.165) is 17.6 Å². The molecule has 0 heterocycles. The van der Waals surface area contributed by atoms with Crippen molar-refractivity contribution in [3.8, 4) is 0 Å². The van der Waals surface area contributed by atoms with Gasteiger partial charge >= 0.3 is 0 Å². The lowest BCUT2D eigenvalue weighted by molar-refractivity contribution is -0.424. The molecule has 0 N–H and O–H groups in total. The summed E-state index contributed by atoms with van der Waals surface area (Å²) in [7, 11) is 0. The Morgan fingerprint density at radius 3 is 2.60 bits per heavy atom. The zero-order valence-corrected chi connectivity index (χ0v) is 8.64. The van der Waals surface area contributed by atoms with E-state index in [2.05, 4.69) is 6.58 Å². The first kappa shape index (κ1) is 11.2. The van der Waals surface area contributed by atoms with Crippen molar-refractivity contribution in [2.75, 3.05) is 0 Å². The molecule has 0 saturated heterocycles. The second kappa shape index (κ2) is 5.10. The van der Waals surface area contributed by atoms with Crippen LogP contribution in [0.4, 0.5) is 0 Å². The Hall–Kier alpha value is -1.90. The minimum absolute atomic E-state index is 0.129. The highest BCUT2D eigenvalue weighted by Crippen LogP contribution is 2.16. The molecule has 1 rings (SSSR count). The van der Waals surface area contributed by atoms with Crippen LogP contribution in [0.3, 0.4) is 0 Å². The molecule has 3 heteroatoms. The van der Waals surface area contributed by atoms with Gasteiger partial charge in [0.2, 0.25) is 5.70 Å². The molecular weight excluding hydrogens is 190 g/mol. The highest BCUT2D eigenvalue weighted by molar-refractivity contribution is 5.47. The number of allylic oxidation sites excluding steroid dienone is 9. The molecule has 0 spiro atoms. The fourth-order valence-electron chi connectivity index (χ4n) is 1.26. The maximum Gasteiger partial charge on any atom is 0.243 e. The lowest BCUT2D eigenvalue weighted by atomic mass is 10.1. The van der Waals surface area contributed by atoms with Crippen LogP contribution in [-0.4, -0.2) is 4.92 Å². The van der Waals surface area contributed by atoms with Crippen LogP contribution < -0.4 is 0 Å². The molecule has 0 aromatic heterocycles. The molecule has 1 aliphatic carbocycles. The van der Waals surface area contributed by atoms with Crippen LogP contribution in [0.1, 0.15) is 13.3 Å². The van der Waals surface area contributed by atoms with Crippen molar-refractivity contribution < 1.29 is 4.92 Å². The van der Waals surface area contributed by atoms with E-state index < -0.39 is 4.92 Å². The standard InChI is InChI=1S/C12H13NO2/c1-3-11-7-5-4-6-8-12(11)9-10(2)13(14)15/h3,5-9H,1,4H2,2H3/b10-9+. The van der Waals surface area contributed by atoms with Crippen LogP contribution in [0.15, 0.2) is 59.9 Å². The third-order valence-electron chi connectivity index (χ3n) is 2.07. The van der Waals surface area contributed by atoms with Gasteiger partial charge in [-0.15, -0.1) is 0 Å². The van der Waals surface area contributed by atoms with Crippen LogP contribution in [-0.2, 0) is 0 Å². The average Bonchev–Trinajstić information content (AvgIpc) is 2.42. The summed E-state index contributed by atoms with van der Waals surface area (Å²) in [4.78, 5) is 10.1. The predicted molar refractivity (Wildman–Crippen MR) is 60.9 cm³/mol. The first-order valence-electron chi connectivity index (χ1n) is 4.67. The minimum atomic E-state index is -0.393. The minimum Gasteiger partial charge on any atom is -0.259 e. The van der Waals surface area contributed by atoms with Gasteiger partial charge < -0.3 is 0 Å². The van der Waals surface area contributed by atoms with Crippen molar-refractivity contribution in [2.45, 2.75) is 13.3 Å². The molecule has 0 atom stereocenters. The quantitative estimate of drug-likeness (QED) is 0.522. The van der Waals surface area contributed by atoms with Gasteiger partial charge in [0.15, 0.2) is 0 Å². The molecule has 15 heavy (non-hydrogen) atoms. The van der Waals surface area contributed by atoms with E-state index in [1.165, 1.54) is 6.92 Å². The van der Waals surface area contributed by atoms with E-state index in [0.29, 0.717) is 0 Å². The van der Waals surface area contributed by atoms with E-state index in [-0.39, 0.29) is 5.70 Å². The Labute approximate surface area is 89.0 Å². The Morgan fingerprint density at radius 2 is 2.07 bits per heavy atom. The molecule has 3 nitrogen and oxygen atoms in total. The fourth-order valence-corrected chi connectivity index (χ4v) is 1.26. The van der Waals surface area contributed by atoms with Gasteiger partial charge in [0.1, 0.15) is 0 Å².